The average molecular weight is 292 g/mol. The van der Waals surface area contributed by atoms with Crippen LogP contribution in [0.15, 0.2) is 12.1 Å². The maximum Gasteiger partial charge on any atom is 0.337 e. The van der Waals surface area contributed by atoms with Crippen LogP contribution in [0.1, 0.15) is 30.6 Å². The minimum Gasteiger partial charge on any atom is -0.490 e. The van der Waals surface area contributed by atoms with Gasteiger partial charge in [-0.05, 0) is 13.8 Å². The molecule has 0 saturated heterocycles. The summed E-state index contributed by atoms with van der Waals surface area (Å²) in [5, 5.41) is 20.1. The van der Waals surface area contributed by atoms with Crippen LogP contribution in [0.3, 0.4) is 0 Å². The van der Waals surface area contributed by atoms with Crippen molar-refractivity contribution in [1.29, 1.82) is 5.26 Å². The van der Waals surface area contributed by atoms with E-state index < -0.39 is 11.9 Å². The Bertz CT molecular complexity index is 577. The number of carboxylic acid groups (broad SMARTS) is 1. The fourth-order valence-electron chi connectivity index (χ4n) is 1.64. The molecule has 0 atom stereocenters. The van der Waals surface area contributed by atoms with E-state index in [1.54, 1.807) is 19.9 Å². The van der Waals surface area contributed by atoms with Gasteiger partial charge in [-0.2, -0.15) is 5.26 Å². The maximum atomic E-state index is 11.5. The Labute approximate surface area is 122 Å². The molecule has 0 aliphatic carbocycles. The number of aromatic carboxylic acids is 1. The van der Waals surface area contributed by atoms with Crippen LogP contribution in [0.4, 0.5) is 5.69 Å². The highest BCUT2D eigenvalue weighted by molar-refractivity contribution is 6.01. The van der Waals surface area contributed by atoms with E-state index in [9.17, 15) is 14.7 Å². The lowest BCUT2D eigenvalue weighted by atomic mass is 10.1. The first-order valence-corrected chi connectivity index (χ1v) is 6.37. The summed E-state index contributed by atoms with van der Waals surface area (Å²) in [5.74, 6) is -1.19. The van der Waals surface area contributed by atoms with Crippen molar-refractivity contribution in [3.05, 3.63) is 17.7 Å². The summed E-state index contributed by atoms with van der Waals surface area (Å²) >= 11 is 0. The molecule has 1 aromatic rings. The third-order valence-corrected chi connectivity index (χ3v) is 2.43. The number of anilines is 1. The number of nitrogens with zero attached hydrogens (tertiary/aromatic N) is 1. The zero-order valence-electron chi connectivity index (χ0n) is 11.8. The van der Waals surface area contributed by atoms with Crippen LogP contribution in [0.25, 0.3) is 0 Å². The number of rotatable bonds is 7. The summed E-state index contributed by atoms with van der Waals surface area (Å²) in [6.07, 6.45) is -0.365. The third kappa shape index (κ3) is 4.38. The van der Waals surface area contributed by atoms with Crippen LogP contribution in [-0.2, 0) is 4.79 Å². The summed E-state index contributed by atoms with van der Waals surface area (Å²) in [4.78, 5) is 22.7. The molecule has 1 aromatic carbocycles. The molecule has 1 rings (SSSR count). The van der Waals surface area contributed by atoms with E-state index in [-0.39, 0.29) is 23.4 Å². The van der Waals surface area contributed by atoms with Crippen molar-refractivity contribution in [3.8, 4) is 17.6 Å². The monoisotopic (exact) mass is 292 g/mol. The van der Waals surface area contributed by atoms with Crippen LogP contribution >= 0.6 is 0 Å². The standard InChI is InChI=1S/C14H16N2O5/c1-3-20-11-7-9(14(18)19)10(8-12(11)21-4-2)16-13(17)5-6-15/h7-8H,3-5H2,1-2H3,(H,16,17)(H,18,19). The van der Waals surface area contributed by atoms with Crippen molar-refractivity contribution < 1.29 is 24.2 Å². The summed E-state index contributed by atoms with van der Waals surface area (Å²) in [6.45, 7) is 4.24. The van der Waals surface area contributed by atoms with E-state index in [0.29, 0.717) is 19.0 Å². The molecule has 0 radical (unpaired) electrons. The number of amides is 1. The second kappa shape index (κ2) is 7.75. The summed E-state index contributed by atoms with van der Waals surface area (Å²) in [5.41, 5.74) is -0.0668. The van der Waals surface area contributed by atoms with Crippen LogP contribution in [0, 0.1) is 11.3 Å². The average Bonchev–Trinajstić information content (AvgIpc) is 2.41. The number of carbonyl (C=O) groups is 2. The van der Waals surface area contributed by atoms with Gasteiger partial charge in [0.1, 0.15) is 6.42 Å². The van der Waals surface area contributed by atoms with Crippen molar-refractivity contribution in [1.82, 2.24) is 0 Å². The lowest BCUT2D eigenvalue weighted by Gasteiger charge is -2.15. The highest BCUT2D eigenvalue weighted by Gasteiger charge is 2.18. The van der Waals surface area contributed by atoms with Gasteiger partial charge in [0.05, 0.1) is 30.5 Å². The Hall–Kier alpha value is -2.75. The molecule has 2 N–H and O–H groups in total. The van der Waals surface area contributed by atoms with Crippen LogP contribution in [0.5, 0.6) is 11.5 Å². The molecule has 0 aromatic heterocycles. The lowest BCUT2D eigenvalue weighted by molar-refractivity contribution is -0.115. The van der Waals surface area contributed by atoms with Crippen molar-refractivity contribution >= 4 is 17.6 Å². The second-order valence-corrected chi connectivity index (χ2v) is 3.90. The Morgan fingerprint density at radius 2 is 1.81 bits per heavy atom. The zero-order chi connectivity index (χ0) is 15.8. The first kappa shape index (κ1) is 16.3. The topological polar surface area (TPSA) is 109 Å². The van der Waals surface area contributed by atoms with Gasteiger partial charge in [0.2, 0.25) is 5.91 Å². The van der Waals surface area contributed by atoms with Crippen molar-refractivity contribution in [2.24, 2.45) is 0 Å². The van der Waals surface area contributed by atoms with Crippen molar-refractivity contribution in [2.45, 2.75) is 20.3 Å². The van der Waals surface area contributed by atoms with E-state index >= 15 is 0 Å². The first-order valence-electron chi connectivity index (χ1n) is 6.37. The number of nitrogens with one attached hydrogen (secondary N) is 1. The largest absolute Gasteiger partial charge is 0.490 e. The highest BCUT2D eigenvalue weighted by Crippen LogP contribution is 2.34. The molecular formula is C14H16N2O5. The number of hydrogen-bond acceptors (Lipinski definition) is 5. The van der Waals surface area contributed by atoms with Gasteiger partial charge in [-0.25, -0.2) is 4.79 Å². The molecule has 1 amide bonds. The maximum absolute atomic E-state index is 11.5. The van der Waals surface area contributed by atoms with Gasteiger partial charge < -0.3 is 19.9 Å². The van der Waals surface area contributed by atoms with Gasteiger partial charge in [0, 0.05) is 12.1 Å². The number of nitriles is 1. The predicted molar refractivity (Wildman–Crippen MR) is 74.6 cm³/mol. The molecule has 0 bridgehead atoms. The van der Waals surface area contributed by atoms with E-state index in [1.165, 1.54) is 12.1 Å². The fourth-order valence-corrected chi connectivity index (χ4v) is 1.64. The van der Waals surface area contributed by atoms with Crippen LogP contribution < -0.4 is 14.8 Å². The fraction of sp³-hybridized carbons (Fsp3) is 0.357. The number of benzene rings is 1. The molecule has 0 saturated carbocycles. The van der Waals surface area contributed by atoms with Crippen LogP contribution in [0.2, 0.25) is 0 Å². The predicted octanol–water partition coefficient (Wildman–Crippen LogP) is 2.03. The van der Waals surface area contributed by atoms with Gasteiger partial charge in [-0.15, -0.1) is 0 Å². The molecule has 0 spiro atoms. The normalized spacial score (nSPS) is 9.57. The molecule has 0 heterocycles. The summed E-state index contributed by atoms with van der Waals surface area (Å²) in [7, 11) is 0. The Balaban J connectivity index is 3.26. The molecule has 0 fully saturated rings. The molecule has 0 aliphatic rings. The van der Waals surface area contributed by atoms with Gasteiger partial charge in [0.25, 0.3) is 0 Å². The zero-order valence-corrected chi connectivity index (χ0v) is 11.8. The Morgan fingerprint density at radius 3 is 2.29 bits per heavy atom. The van der Waals surface area contributed by atoms with Gasteiger partial charge in [0.15, 0.2) is 11.5 Å². The van der Waals surface area contributed by atoms with E-state index in [1.807, 2.05) is 0 Å². The third-order valence-electron chi connectivity index (χ3n) is 2.43. The number of carboxylic acids is 1. The molecule has 21 heavy (non-hydrogen) atoms. The van der Waals surface area contributed by atoms with Gasteiger partial charge in [-0.1, -0.05) is 0 Å². The summed E-state index contributed by atoms with van der Waals surface area (Å²) in [6, 6.07) is 4.37. The molecule has 112 valence electrons. The quantitative estimate of drug-likeness (QED) is 0.796. The molecule has 0 unspecified atom stereocenters. The smallest absolute Gasteiger partial charge is 0.337 e. The van der Waals surface area contributed by atoms with Gasteiger partial charge >= 0.3 is 5.97 Å². The van der Waals surface area contributed by atoms with E-state index in [4.69, 9.17) is 14.7 Å². The van der Waals surface area contributed by atoms with Crippen molar-refractivity contribution in [3.63, 3.8) is 0 Å². The lowest BCUT2D eigenvalue weighted by Crippen LogP contribution is -2.14. The molecule has 7 heteroatoms. The second-order valence-electron chi connectivity index (χ2n) is 3.90. The highest BCUT2D eigenvalue weighted by atomic mass is 16.5. The molecule has 0 aliphatic heterocycles. The number of ether oxygens (including phenoxy) is 2. The molecular weight excluding hydrogens is 276 g/mol. The van der Waals surface area contributed by atoms with Crippen molar-refractivity contribution in [2.75, 3.05) is 18.5 Å². The SMILES string of the molecule is CCOc1cc(NC(=O)CC#N)c(C(=O)O)cc1OCC. The van der Waals surface area contributed by atoms with E-state index in [2.05, 4.69) is 5.32 Å². The number of carbonyl (C=O) groups excluding carboxylic acids is 1. The Kier molecular flexibility index (Phi) is 6.01. The van der Waals surface area contributed by atoms with E-state index in [0.717, 1.165) is 0 Å². The van der Waals surface area contributed by atoms with Gasteiger partial charge in [-0.3, -0.25) is 4.79 Å². The summed E-state index contributed by atoms with van der Waals surface area (Å²) < 4.78 is 10.7. The minimum atomic E-state index is -1.22. The Morgan fingerprint density at radius 1 is 1.24 bits per heavy atom. The molecule has 7 nitrogen and oxygen atoms in total. The number of hydrogen-bond donors (Lipinski definition) is 2. The first-order chi connectivity index (χ1) is 10.0. The minimum absolute atomic E-state index is 0.0645. The van der Waals surface area contributed by atoms with Crippen LogP contribution in [-0.4, -0.2) is 30.2 Å².